The quantitative estimate of drug-likeness (QED) is 0.768. The highest BCUT2D eigenvalue weighted by Gasteiger charge is 2.32. The SMILES string of the molecule is O=C(O)C1CCCC(NC2CCS(=O)(=O)C2)C1. The largest absolute Gasteiger partial charge is 0.481 e. The molecule has 0 aromatic heterocycles. The van der Waals surface area contributed by atoms with Crippen molar-refractivity contribution in [2.75, 3.05) is 11.5 Å². The van der Waals surface area contributed by atoms with Gasteiger partial charge in [-0.3, -0.25) is 4.79 Å². The number of carbonyl (C=O) groups is 1. The van der Waals surface area contributed by atoms with Gasteiger partial charge in [-0.05, 0) is 25.7 Å². The Bertz CT molecular complexity index is 392. The maximum atomic E-state index is 11.3. The fraction of sp³-hybridized carbons (Fsp3) is 0.909. The Labute approximate surface area is 102 Å². The molecule has 1 saturated heterocycles. The molecule has 1 saturated carbocycles. The fourth-order valence-electron chi connectivity index (χ4n) is 2.83. The van der Waals surface area contributed by atoms with Crippen molar-refractivity contribution in [3.63, 3.8) is 0 Å². The molecule has 1 aliphatic carbocycles. The molecule has 3 unspecified atom stereocenters. The molecular formula is C11H19NO4S. The predicted molar refractivity (Wildman–Crippen MR) is 63.6 cm³/mol. The lowest BCUT2D eigenvalue weighted by Gasteiger charge is -2.29. The van der Waals surface area contributed by atoms with Gasteiger partial charge in [0.2, 0.25) is 0 Å². The second kappa shape index (κ2) is 4.94. The second-order valence-electron chi connectivity index (χ2n) is 5.17. The van der Waals surface area contributed by atoms with Crippen LogP contribution in [-0.4, -0.2) is 43.1 Å². The Kier molecular flexibility index (Phi) is 3.73. The second-order valence-corrected chi connectivity index (χ2v) is 7.39. The summed E-state index contributed by atoms with van der Waals surface area (Å²) in [5, 5.41) is 12.3. The van der Waals surface area contributed by atoms with Crippen LogP contribution in [0.1, 0.15) is 32.1 Å². The number of hydrogen-bond acceptors (Lipinski definition) is 4. The van der Waals surface area contributed by atoms with Crippen LogP contribution in [0.4, 0.5) is 0 Å². The summed E-state index contributed by atoms with van der Waals surface area (Å²) in [7, 11) is -2.85. The molecule has 5 nitrogen and oxygen atoms in total. The van der Waals surface area contributed by atoms with Gasteiger partial charge in [-0.2, -0.15) is 0 Å². The molecule has 0 radical (unpaired) electrons. The average molecular weight is 261 g/mol. The molecule has 0 aromatic carbocycles. The monoisotopic (exact) mass is 261 g/mol. The zero-order chi connectivity index (χ0) is 12.5. The Hall–Kier alpha value is -0.620. The summed E-state index contributed by atoms with van der Waals surface area (Å²) >= 11 is 0. The molecular weight excluding hydrogens is 242 g/mol. The number of carboxylic acids is 1. The molecule has 2 N–H and O–H groups in total. The molecule has 0 amide bonds. The van der Waals surface area contributed by atoms with Crippen molar-refractivity contribution >= 4 is 15.8 Å². The van der Waals surface area contributed by atoms with E-state index in [2.05, 4.69) is 5.32 Å². The van der Waals surface area contributed by atoms with Crippen LogP contribution in [0.15, 0.2) is 0 Å². The van der Waals surface area contributed by atoms with E-state index in [4.69, 9.17) is 5.11 Å². The summed E-state index contributed by atoms with van der Waals surface area (Å²) < 4.78 is 22.6. The van der Waals surface area contributed by atoms with E-state index in [9.17, 15) is 13.2 Å². The molecule has 3 atom stereocenters. The zero-order valence-electron chi connectivity index (χ0n) is 9.76. The van der Waals surface area contributed by atoms with Crippen LogP contribution in [0.5, 0.6) is 0 Å². The Balaban J connectivity index is 1.85. The van der Waals surface area contributed by atoms with Crippen molar-refractivity contribution in [2.24, 2.45) is 5.92 Å². The van der Waals surface area contributed by atoms with E-state index in [-0.39, 0.29) is 29.5 Å². The van der Waals surface area contributed by atoms with E-state index >= 15 is 0 Å². The Morgan fingerprint density at radius 1 is 1.18 bits per heavy atom. The van der Waals surface area contributed by atoms with Crippen molar-refractivity contribution in [1.29, 1.82) is 0 Å². The third-order valence-corrected chi connectivity index (χ3v) is 5.50. The number of carboxylic acid groups (broad SMARTS) is 1. The van der Waals surface area contributed by atoms with Gasteiger partial charge >= 0.3 is 5.97 Å². The molecule has 0 aromatic rings. The van der Waals surface area contributed by atoms with Gasteiger partial charge in [0, 0.05) is 12.1 Å². The summed E-state index contributed by atoms with van der Waals surface area (Å²) in [6.45, 7) is 0. The summed E-state index contributed by atoms with van der Waals surface area (Å²) in [4.78, 5) is 10.9. The normalized spacial score (nSPS) is 36.8. The number of rotatable bonds is 3. The first-order valence-electron chi connectivity index (χ1n) is 6.15. The molecule has 17 heavy (non-hydrogen) atoms. The first kappa shape index (κ1) is 12.8. The molecule has 0 bridgehead atoms. The van der Waals surface area contributed by atoms with Crippen molar-refractivity contribution in [1.82, 2.24) is 5.32 Å². The van der Waals surface area contributed by atoms with Crippen LogP contribution in [0, 0.1) is 5.92 Å². The molecule has 2 rings (SSSR count). The lowest BCUT2D eigenvalue weighted by atomic mass is 9.85. The number of nitrogens with one attached hydrogen (secondary N) is 1. The minimum absolute atomic E-state index is 0.0255. The smallest absolute Gasteiger partial charge is 0.306 e. The Morgan fingerprint density at radius 2 is 1.94 bits per heavy atom. The fourth-order valence-corrected chi connectivity index (χ4v) is 4.51. The summed E-state index contributed by atoms with van der Waals surface area (Å²) in [5.74, 6) is -0.518. The van der Waals surface area contributed by atoms with E-state index < -0.39 is 15.8 Å². The van der Waals surface area contributed by atoms with Crippen molar-refractivity contribution in [3.8, 4) is 0 Å². The third kappa shape index (κ3) is 3.42. The topological polar surface area (TPSA) is 83.5 Å². The highest BCUT2D eigenvalue weighted by atomic mass is 32.2. The molecule has 0 spiro atoms. The lowest BCUT2D eigenvalue weighted by Crippen LogP contribution is -2.42. The van der Waals surface area contributed by atoms with Crippen molar-refractivity contribution < 1.29 is 18.3 Å². The van der Waals surface area contributed by atoms with Crippen LogP contribution in [0.3, 0.4) is 0 Å². The summed E-state index contributed by atoms with van der Waals surface area (Å²) in [5.41, 5.74) is 0. The molecule has 2 aliphatic rings. The van der Waals surface area contributed by atoms with Gasteiger partial charge in [-0.25, -0.2) is 8.42 Å². The lowest BCUT2D eigenvalue weighted by molar-refractivity contribution is -0.143. The van der Waals surface area contributed by atoms with Gasteiger partial charge in [0.15, 0.2) is 9.84 Å². The molecule has 2 fully saturated rings. The molecule has 1 heterocycles. The zero-order valence-corrected chi connectivity index (χ0v) is 10.6. The minimum Gasteiger partial charge on any atom is -0.481 e. The minimum atomic E-state index is -2.85. The van der Waals surface area contributed by atoms with E-state index in [1.807, 2.05) is 0 Å². The van der Waals surface area contributed by atoms with E-state index in [0.29, 0.717) is 12.8 Å². The van der Waals surface area contributed by atoms with E-state index in [0.717, 1.165) is 19.3 Å². The van der Waals surface area contributed by atoms with Gasteiger partial charge in [0.1, 0.15) is 0 Å². The number of aliphatic carboxylic acids is 1. The number of sulfone groups is 1. The standard InChI is InChI=1S/C11H19NO4S/c13-11(14)8-2-1-3-9(6-8)12-10-4-5-17(15,16)7-10/h8-10,12H,1-7H2,(H,13,14). The van der Waals surface area contributed by atoms with Crippen molar-refractivity contribution in [2.45, 2.75) is 44.2 Å². The summed E-state index contributed by atoms with van der Waals surface area (Å²) in [6.07, 6.45) is 3.91. The van der Waals surface area contributed by atoms with Gasteiger partial charge in [0.25, 0.3) is 0 Å². The number of hydrogen-bond donors (Lipinski definition) is 2. The van der Waals surface area contributed by atoms with Crippen LogP contribution < -0.4 is 5.32 Å². The van der Waals surface area contributed by atoms with Gasteiger partial charge in [-0.1, -0.05) is 6.42 Å². The maximum Gasteiger partial charge on any atom is 0.306 e. The predicted octanol–water partition coefficient (Wildman–Crippen LogP) is 0.407. The average Bonchev–Trinajstić information content (AvgIpc) is 2.58. The van der Waals surface area contributed by atoms with Crippen LogP contribution in [-0.2, 0) is 14.6 Å². The highest BCUT2D eigenvalue weighted by molar-refractivity contribution is 7.91. The molecule has 98 valence electrons. The van der Waals surface area contributed by atoms with Gasteiger partial charge < -0.3 is 10.4 Å². The van der Waals surface area contributed by atoms with E-state index in [1.54, 1.807) is 0 Å². The molecule has 6 heteroatoms. The van der Waals surface area contributed by atoms with Gasteiger partial charge in [-0.15, -0.1) is 0 Å². The third-order valence-electron chi connectivity index (χ3n) is 3.73. The first-order chi connectivity index (χ1) is 7.96. The first-order valence-corrected chi connectivity index (χ1v) is 7.98. The van der Waals surface area contributed by atoms with E-state index in [1.165, 1.54) is 0 Å². The maximum absolute atomic E-state index is 11.3. The van der Waals surface area contributed by atoms with Crippen molar-refractivity contribution in [3.05, 3.63) is 0 Å². The highest BCUT2D eigenvalue weighted by Crippen LogP contribution is 2.25. The molecule has 1 aliphatic heterocycles. The van der Waals surface area contributed by atoms with Crippen LogP contribution >= 0.6 is 0 Å². The van der Waals surface area contributed by atoms with Gasteiger partial charge in [0.05, 0.1) is 17.4 Å². The van der Waals surface area contributed by atoms with Crippen LogP contribution in [0.2, 0.25) is 0 Å². The Morgan fingerprint density at radius 3 is 2.53 bits per heavy atom. The summed E-state index contributed by atoms with van der Waals surface area (Å²) in [6, 6.07) is 0.195. The van der Waals surface area contributed by atoms with Crippen LogP contribution in [0.25, 0.3) is 0 Å².